The van der Waals surface area contributed by atoms with Crippen LogP contribution in [0.15, 0.2) is 30.5 Å². The lowest BCUT2D eigenvalue weighted by Crippen LogP contribution is -1.98. The fourth-order valence-corrected chi connectivity index (χ4v) is 1.46. The van der Waals surface area contributed by atoms with Crippen molar-refractivity contribution in [3.63, 3.8) is 0 Å². The molecule has 4 nitrogen and oxygen atoms in total. The van der Waals surface area contributed by atoms with Gasteiger partial charge in [0.25, 0.3) is 0 Å². The maximum absolute atomic E-state index is 5.72. The van der Waals surface area contributed by atoms with Crippen molar-refractivity contribution in [1.29, 1.82) is 0 Å². The van der Waals surface area contributed by atoms with E-state index >= 15 is 0 Å². The van der Waals surface area contributed by atoms with Crippen molar-refractivity contribution in [2.45, 2.75) is 19.8 Å². The summed E-state index contributed by atoms with van der Waals surface area (Å²) in [6, 6.07) is 7.88. The predicted octanol–water partition coefficient (Wildman–Crippen LogP) is 2.65. The number of ether oxygens (including phenoxy) is 1. The highest BCUT2D eigenvalue weighted by atomic mass is 16.5. The highest BCUT2D eigenvalue weighted by Crippen LogP contribution is 2.27. The molecule has 0 bridgehead atoms. The van der Waals surface area contributed by atoms with Crippen LogP contribution in [0.3, 0.4) is 0 Å². The van der Waals surface area contributed by atoms with E-state index in [0.29, 0.717) is 0 Å². The number of hydrogen-bond acceptors (Lipinski definition) is 3. The lowest BCUT2D eigenvalue weighted by molar-refractivity contribution is 0.310. The average Bonchev–Trinajstić information content (AvgIpc) is 2.83. The minimum absolute atomic E-state index is 0.741. The van der Waals surface area contributed by atoms with E-state index in [-0.39, 0.29) is 0 Å². The van der Waals surface area contributed by atoms with E-state index < -0.39 is 0 Å². The van der Waals surface area contributed by atoms with Crippen molar-refractivity contribution in [3.8, 4) is 17.0 Å². The van der Waals surface area contributed by atoms with Crippen molar-refractivity contribution in [3.05, 3.63) is 30.5 Å². The van der Waals surface area contributed by atoms with Crippen molar-refractivity contribution in [2.24, 2.45) is 0 Å². The second-order valence-electron chi connectivity index (χ2n) is 3.55. The molecule has 0 aliphatic heterocycles. The maximum atomic E-state index is 5.72. The van der Waals surface area contributed by atoms with E-state index in [9.17, 15) is 0 Å². The topological polar surface area (TPSA) is 50.8 Å². The summed E-state index contributed by atoms with van der Waals surface area (Å²) in [6.45, 7) is 2.89. The van der Waals surface area contributed by atoms with Gasteiger partial charge in [-0.3, -0.25) is 0 Å². The van der Waals surface area contributed by atoms with Crippen LogP contribution in [0.4, 0.5) is 0 Å². The standard InChI is InChI=1S/C12H15N3O/c1-2-3-8-16-12-7-5-4-6-10(12)11-9-13-15-14-11/h4-7,9H,2-3,8H2,1H3,(H,13,14,15). The summed E-state index contributed by atoms with van der Waals surface area (Å²) in [7, 11) is 0. The molecule has 16 heavy (non-hydrogen) atoms. The molecule has 1 N–H and O–H groups in total. The fourth-order valence-electron chi connectivity index (χ4n) is 1.46. The molecule has 2 rings (SSSR count). The Kier molecular flexibility index (Phi) is 3.53. The van der Waals surface area contributed by atoms with Gasteiger partial charge in [-0.25, -0.2) is 0 Å². The van der Waals surface area contributed by atoms with Gasteiger partial charge in [0.1, 0.15) is 11.4 Å². The van der Waals surface area contributed by atoms with E-state index in [0.717, 1.165) is 36.5 Å². The Labute approximate surface area is 94.6 Å². The van der Waals surface area contributed by atoms with Gasteiger partial charge in [-0.15, -0.1) is 0 Å². The van der Waals surface area contributed by atoms with Gasteiger partial charge in [-0.1, -0.05) is 25.5 Å². The molecule has 1 aromatic heterocycles. The van der Waals surface area contributed by atoms with Crippen LogP contribution in [-0.4, -0.2) is 22.0 Å². The molecular formula is C12H15N3O. The Balaban J connectivity index is 2.18. The number of para-hydroxylation sites is 1. The van der Waals surface area contributed by atoms with E-state index in [2.05, 4.69) is 22.3 Å². The van der Waals surface area contributed by atoms with E-state index in [1.165, 1.54) is 0 Å². The van der Waals surface area contributed by atoms with Crippen LogP contribution in [0.25, 0.3) is 11.3 Å². The molecule has 0 aliphatic carbocycles. The molecule has 0 unspecified atom stereocenters. The number of nitrogens with one attached hydrogen (secondary N) is 1. The molecule has 0 fully saturated rings. The summed E-state index contributed by atoms with van der Waals surface area (Å²) in [4.78, 5) is 0. The van der Waals surface area contributed by atoms with Crippen molar-refractivity contribution >= 4 is 0 Å². The predicted molar refractivity (Wildman–Crippen MR) is 62.2 cm³/mol. The number of benzene rings is 1. The van der Waals surface area contributed by atoms with Gasteiger partial charge >= 0.3 is 0 Å². The second-order valence-corrected chi connectivity index (χ2v) is 3.55. The van der Waals surface area contributed by atoms with Crippen LogP contribution < -0.4 is 4.74 Å². The van der Waals surface area contributed by atoms with E-state index in [1.54, 1.807) is 6.20 Å². The molecule has 1 aromatic carbocycles. The minimum Gasteiger partial charge on any atom is -0.493 e. The number of rotatable bonds is 5. The first-order chi connectivity index (χ1) is 7.92. The largest absolute Gasteiger partial charge is 0.493 e. The molecule has 84 valence electrons. The number of nitrogens with zero attached hydrogens (tertiary/aromatic N) is 2. The number of aromatic nitrogens is 3. The molecule has 1 heterocycles. The number of H-pyrrole nitrogens is 1. The quantitative estimate of drug-likeness (QED) is 0.783. The molecule has 0 radical (unpaired) electrons. The van der Waals surface area contributed by atoms with Gasteiger partial charge in [0.05, 0.1) is 12.8 Å². The van der Waals surface area contributed by atoms with Crippen molar-refractivity contribution in [1.82, 2.24) is 15.4 Å². The third kappa shape index (κ3) is 2.39. The van der Waals surface area contributed by atoms with Crippen molar-refractivity contribution < 1.29 is 4.74 Å². The Morgan fingerprint density at radius 1 is 1.31 bits per heavy atom. The van der Waals surface area contributed by atoms with Gasteiger partial charge < -0.3 is 4.74 Å². The highest BCUT2D eigenvalue weighted by molar-refractivity contribution is 5.65. The molecule has 0 amide bonds. The van der Waals surface area contributed by atoms with Crippen LogP contribution in [0, 0.1) is 0 Å². The van der Waals surface area contributed by atoms with Crippen molar-refractivity contribution in [2.75, 3.05) is 6.61 Å². The number of aromatic amines is 1. The van der Waals surface area contributed by atoms with Crippen LogP contribution in [-0.2, 0) is 0 Å². The minimum atomic E-state index is 0.741. The summed E-state index contributed by atoms with van der Waals surface area (Å²) >= 11 is 0. The van der Waals surface area contributed by atoms with Crippen LogP contribution in [0.1, 0.15) is 19.8 Å². The molecule has 2 aromatic rings. The number of unbranched alkanes of at least 4 members (excludes halogenated alkanes) is 1. The van der Waals surface area contributed by atoms with E-state index in [4.69, 9.17) is 4.74 Å². The SMILES string of the molecule is CCCCOc1ccccc1-c1cn[nH]n1. The van der Waals surface area contributed by atoms with Crippen LogP contribution in [0.2, 0.25) is 0 Å². The third-order valence-corrected chi connectivity index (χ3v) is 2.33. The average molecular weight is 217 g/mol. The Morgan fingerprint density at radius 3 is 2.94 bits per heavy atom. The zero-order valence-electron chi connectivity index (χ0n) is 9.31. The maximum Gasteiger partial charge on any atom is 0.128 e. The lowest BCUT2D eigenvalue weighted by Gasteiger charge is -2.08. The first-order valence-corrected chi connectivity index (χ1v) is 5.49. The van der Waals surface area contributed by atoms with Gasteiger partial charge in [0, 0.05) is 5.56 Å². The smallest absolute Gasteiger partial charge is 0.128 e. The summed E-state index contributed by atoms with van der Waals surface area (Å²) in [5, 5.41) is 10.5. The summed E-state index contributed by atoms with van der Waals surface area (Å²) in [5.41, 5.74) is 1.79. The zero-order chi connectivity index (χ0) is 11.2. The fraction of sp³-hybridized carbons (Fsp3) is 0.333. The molecule has 0 spiro atoms. The molecule has 0 atom stereocenters. The van der Waals surface area contributed by atoms with Gasteiger partial charge in [0.2, 0.25) is 0 Å². The Hall–Kier alpha value is -1.84. The summed E-state index contributed by atoms with van der Waals surface area (Å²) < 4.78 is 5.72. The van der Waals surface area contributed by atoms with Gasteiger partial charge in [-0.05, 0) is 18.6 Å². The lowest BCUT2D eigenvalue weighted by atomic mass is 10.1. The summed E-state index contributed by atoms with van der Waals surface area (Å²) in [5.74, 6) is 0.866. The third-order valence-electron chi connectivity index (χ3n) is 2.33. The van der Waals surface area contributed by atoms with Crippen LogP contribution in [0.5, 0.6) is 5.75 Å². The highest BCUT2D eigenvalue weighted by Gasteiger charge is 2.07. The molecule has 0 aliphatic rings. The van der Waals surface area contributed by atoms with Crippen LogP contribution >= 0.6 is 0 Å². The zero-order valence-corrected chi connectivity index (χ0v) is 9.31. The first-order valence-electron chi connectivity index (χ1n) is 5.49. The molecule has 4 heteroatoms. The monoisotopic (exact) mass is 217 g/mol. The van der Waals surface area contributed by atoms with E-state index in [1.807, 2.05) is 24.3 Å². The molecule has 0 saturated heterocycles. The first kappa shape index (κ1) is 10.7. The number of hydrogen-bond donors (Lipinski definition) is 1. The van der Waals surface area contributed by atoms with Gasteiger partial charge in [-0.2, -0.15) is 15.4 Å². The molecular weight excluding hydrogens is 202 g/mol. The molecule has 0 saturated carbocycles. The van der Waals surface area contributed by atoms with Gasteiger partial charge in [0.15, 0.2) is 0 Å². The summed E-state index contributed by atoms with van der Waals surface area (Å²) in [6.07, 6.45) is 3.89. The Morgan fingerprint density at radius 2 is 2.19 bits per heavy atom. The normalized spacial score (nSPS) is 10.3. The Bertz CT molecular complexity index is 426. The second kappa shape index (κ2) is 5.30.